The molecule has 0 aromatic heterocycles. The molecule has 0 spiro atoms. The van der Waals surface area contributed by atoms with Gasteiger partial charge in [-0.2, -0.15) is 0 Å². The van der Waals surface area contributed by atoms with Crippen molar-refractivity contribution in [1.29, 1.82) is 0 Å². The number of hydrogen-bond acceptors (Lipinski definition) is 1. The fraction of sp³-hybridized carbons (Fsp3) is 0.833. The number of carboxylic acid groups (broad SMARTS) is 1. The Morgan fingerprint density at radius 3 is 1.71 bits per heavy atom. The summed E-state index contributed by atoms with van der Waals surface area (Å²) in [4.78, 5) is 10.3. The zero-order valence-electron chi connectivity index (χ0n) is 15.4. The van der Waals surface area contributed by atoms with Crippen molar-refractivity contribution < 1.29 is 30.2 Å². The van der Waals surface area contributed by atoms with Crippen molar-refractivity contribution >= 4 is 5.97 Å². The summed E-state index contributed by atoms with van der Waals surface area (Å²) in [6, 6.07) is 0. The predicted molar refractivity (Wildman–Crippen MR) is 88.2 cm³/mol. The van der Waals surface area contributed by atoms with E-state index in [-0.39, 0.29) is 20.3 Å². The number of rotatable bonds is 15. The molecule has 120 valence electrons. The fourth-order valence-electron chi connectivity index (χ4n) is 2.35. The smallest absolute Gasteiger partial charge is 1.00 e. The van der Waals surface area contributed by atoms with Crippen LogP contribution in [-0.2, 0) is 4.79 Å². The molecule has 0 aliphatic heterocycles. The van der Waals surface area contributed by atoms with Gasteiger partial charge in [0, 0.05) is 6.42 Å². The van der Waals surface area contributed by atoms with E-state index in [9.17, 15) is 4.79 Å². The van der Waals surface area contributed by atoms with Gasteiger partial charge in [0.25, 0.3) is 0 Å². The zero-order chi connectivity index (χ0) is 14.9. The summed E-state index contributed by atoms with van der Waals surface area (Å²) in [6.07, 6.45) is 21.2. The van der Waals surface area contributed by atoms with Crippen LogP contribution < -0.4 is 18.9 Å². The quantitative estimate of drug-likeness (QED) is 0.286. The van der Waals surface area contributed by atoms with Gasteiger partial charge in [-0.25, -0.2) is 0 Å². The number of unbranched alkanes of at least 4 members (excludes halogenated alkanes) is 11. The van der Waals surface area contributed by atoms with Crippen molar-refractivity contribution in [1.82, 2.24) is 0 Å². The third kappa shape index (κ3) is 22.2. The minimum atomic E-state index is -0.664. The maximum Gasteiger partial charge on any atom is 1.00 e. The number of aliphatic carboxylic acids is 1. The van der Waals surface area contributed by atoms with Crippen LogP contribution >= 0.6 is 0 Å². The maximum absolute atomic E-state index is 10.3. The van der Waals surface area contributed by atoms with Gasteiger partial charge in [0.15, 0.2) is 0 Å². The van der Waals surface area contributed by atoms with E-state index in [4.69, 9.17) is 5.11 Å². The second kappa shape index (κ2) is 19.8. The molecule has 0 aromatic rings. The first kappa shape index (κ1) is 23.1. The third-order valence-electron chi connectivity index (χ3n) is 3.65. The van der Waals surface area contributed by atoms with Crippen molar-refractivity contribution in [2.24, 2.45) is 0 Å². The summed E-state index contributed by atoms with van der Waals surface area (Å²) in [5.41, 5.74) is 0. The van der Waals surface area contributed by atoms with E-state index in [1.54, 1.807) is 0 Å². The van der Waals surface area contributed by atoms with Crippen molar-refractivity contribution in [3.05, 3.63) is 12.2 Å². The molecule has 0 saturated carbocycles. The summed E-state index contributed by atoms with van der Waals surface area (Å²) in [7, 11) is 0. The molecule has 0 rings (SSSR count). The Kier molecular flexibility index (Phi) is 21.8. The van der Waals surface area contributed by atoms with Crippen LogP contribution in [-0.4, -0.2) is 11.1 Å². The minimum Gasteiger partial charge on any atom is -1.00 e. The van der Waals surface area contributed by atoms with E-state index in [0.29, 0.717) is 6.42 Å². The first-order valence-electron chi connectivity index (χ1n) is 8.64. The summed E-state index contributed by atoms with van der Waals surface area (Å²) < 4.78 is 0. The molecule has 0 radical (unpaired) electrons. The molecule has 0 aliphatic rings. The Balaban J connectivity index is -0.00000180. The van der Waals surface area contributed by atoms with Crippen LogP contribution in [0, 0.1) is 0 Å². The molecule has 3 heteroatoms. The molecule has 2 nitrogen and oxygen atoms in total. The molecular weight excluding hydrogens is 255 g/mol. The molecule has 0 fully saturated rings. The summed E-state index contributed by atoms with van der Waals surface area (Å²) in [5, 5.41) is 8.51. The molecule has 0 aromatic carbocycles. The number of carboxylic acids is 1. The minimum absolute atomic E-state index is 0. The summed E-state index contributed by atoms with van der Waals surface area (Å²) >= 11 is 0. The van der Waals surface area contributed by atoms with Crippen LogP contribution in [0.4, 0.5) is 0 Å². The molecule has 0 heterocycles. The second-order valence-electron chi connectivity index (χ2n) is 5.73. The number of carbonyl (C=O) groups is 1. The Hall–Kier alpha value is -0.193. The van der Waals surface area contributed by atoms with Gasteiger partial charge in [0.05, 0.1) is 0 Å². The van der Waals surface area contributed by atoms with Crippen molar-refractivity contribution in [2.45, 2.75) is 96.8 Å². The van der Waals surface area contributed by atoms with E-state index < -0.39 is 5.97 Å². The Morgan fingerprint density at radius 1 is 0.810 bits per heavy atom. The molecule has 0 bridgehead atoms. The molecular formula is C18H35LiO2. The normalized spacial score (nSPS) is 10.7. The van der Waals surface area contributed by atoms with Crippen LogP contribution in [0.5, 0.6) is 0 Å². The molecule has 0 unspecified atom stereocenters. The molecule has 1 N–H and O–H groups in total. The van der Waals surface area contributed by atoms with Gasteiger partial charge in [-0.1, -0.05) is 70.4 Å². The Labute approximate surface area is 145 Å². The largest absolute Gasteiger partial charge is 1.00 e. The molecule has 0 atom stereocenters. The average Bonchev–Trinajstić information content (AvgIpc) is 2.43. The molecule has 21 heavy (non-hydrogen) atoms. The van der Waals surface area contributed by atoms with E-state index in [2.05, 4.69) is 19.1 Å². The summed E-state index contributed by atoms with van der Waals surface area (Å²) in [5.74, 6) is -0.664. The SMILES string of the molecule is CCCCCCCC/C=C\CCCCCCCC(=O)O.[H-].[Li+]. The Bertz CT molecular complexity index is 245. The van der Waals surface area contributed by atoms with Crippen molar-refractivity contribution in [3.63, 3.8) is 0 Å². The molecule has 0 aliphatic carbocycles. The van der Waals surface area contributed by atoms with E-state index in [1.165, 1.54) is 70.6 Å². The van der Waals surface area contributed by atoms with Crippen LogP contribution in [0.1, 0.15) is 98.2 Å². The van der Waals surface area contributed by atoms with Crippen molar-refractivity contribution in [3.8, 4) is 0 Å². The first-order valence-corrected chi connectivity index (χ1v) is 8.64. The Morgan fingerprint density at radius 2 is 1.24 bits per heavy atom. The van der Waals surface area contributed by atoms with Gasteiger partial charge in [0.1, 0.15) is 0 Å². The third-order valence-corrected chi connectivity index (χ3v) is 3.65. The molecule has 0 saturated heterocycles. The van der Waals surface area contributed by atoms with Gasteiger partial charge in [-0.3, -0.25) is 4.79 Å². The number of hydrogen-bond donors (Lipinski definition) is 1. The first-order chi connectivity index (χ1) is 9.77. The van der Waals surface area contributed by atoms with Gasteiger partial charge in [0.2, 0.25) is 0 Å². The standard InChI is InChI=1S/C18H34O2.Li.H/c1-2-3-4-5-6-7-8-9-10-11-12-13-14-15-16-17-18(19)20;;/h9-10H,2-8,11-17H2,1H3,(H,19,20);;/q;+1;-1/b10-9-;;. The van der Waals surface area contributed by atoms with E-state index >= 15 is 0 Å². The fourth-order valence-corrected chi connectivity index (χ4v) is 2.35. The van der Waals surface area contributed by atoms with E-state index in [0.717, 1.165) is 12.8 Å². The zero-order valence-corrected chi connectivity index (χ0v) is 14.4. The monoisotopic (exact) mass is 290 g/mol. The topological polar surface area (TPSA) is 37.3 Å². The van der Waals surface area contributed by atoms with Crippen LogP contribution in [0.3, 0.4) is 0 Å². The summed E-state index contributed by atoms with van der Waals surface area (Å²) in [6.45, 7) is 2.26. The van der Waals surface area contributed by atoms with Gasteiger partial charge in [-0.05, 0) is 32.1 Å². The van der Waals surface area contributed by atoms with Gasteiger partial charge < -0.3 is 6.53 Å². The van der Waals surface area contributed by atoms with Crippen molar-refractivity contribution in [2.75, 3.05) is 0 Å². The van der Waals surface area contributed by atoms with Crippen LogP contribution in [0.25, 0.3) is 0 Å². The molecule has 0 amide bonds. The van der Waals surface area contributed by atoms with Crippen LogP contribution in [0.2, 0.25) is 0 Å². The van der Waals surface area contributed by atoms with Gasteiger partial charge >= 0.3 is 24.8 Å². The van der Waals surface area contributed by atoms with Gasteiger partial charge in [-0.15, -0.1) is 0 Å². The average molecular weight is 290 g/mol. The number of allylic oxidation sites excluding steroid dienone is 2. The predicted octanol–water partition coefficient (Wildman–Crippen LogP) is 3.23. The van der Waals surface area contributed by atoms with E-state index in [1.807, 2.05) is 0 Å². The maximum atomic E-state index is 10.3. The van der Waals surface area contributed by atoms with Crippen LogP contribution in [0.15, 0.2) is 12.2 Å². The second-order valence-corrected chi connectivity index (χ2v) is 5.73.